The summed E-state index contributed by atoms with van der Waals surface area (Å²) in [5, 5.41) is 0.645. The number of thioether (sulfide) groups is 1. The summed E-state index contributed by atoms with van der Waals surface area (Å²) in [5.74, 6) is 0. The van der Waals surface area contributed by atoms with Gasteiger partial charge in [0.05, 0.1) is 6.61 Å². The molecular formula is C8H17IOS. The highest BCUT2D eigenvalue weighted by Crippen LogP contribution is 2.30. The Morgan fingerprint density at radius 3 is 2.27 bits per heavy atom. The molecule has 0 saturated heterocycles. The maximum Gasteiger partial charge on any atom is 0.109 e. The highest BCUT2D eigenvalue weighted by atomic mass is 127. The third-order valence-electron chi connectivity index (χ3n) is 1.22. The minimum absolute atomic E-state index is 0.357. The average molecular weight is 288 g/mol. The van der Waals surface area contributed by atoms with E-state index < -0.39 is 0 Å². The topological polar surface area (TPSA) is 9.23 Å². The van der Waals surface area contributed by atoms with Gasteiger partial charge >= 0.3 is 0 Å². The summed E-state index contributed by atoms with van der Waals surface area (Å²) in [5.41, 5.74) is 0. The zero-order valence-electron chi connectivity index (χ0n) is 7.69. The zero-order chi connectivity index (χ0) is 8.91. The van der Waals surface area contributed by atoms with Crippen molar-refractivity contribution in [2.45, 2.75) is 44.1 Å². The predicted molar refractivity (Wildman–Crippen MR) is 61.4 cm³/mol. The second-order valence-corrected chi connectivity index (χ2v) is 6.29. The number of rotatable bonds is 4. The van der Waals surface area contributed by atoms with Crippen LogP contribution in [0.15, 0.2) is 0 Å². The van der Waals surface area contributed by atoms with E-state index in [1.807, 2.05) is 34.8 Å². The standard InChI is InChI=1S/C8H17IOS/c1-5-7(6-10-9)11-8(2,3)4/h7H,5-6H2,1-4H3. The molecule has 1 nitrogen and oxygen atoms in total. The fraction of sp³-hybridized carbons (Fsp3) is 1.00. The minimum atomic E-state index is 0.357. The van der Waals surface area contributed by atoms with Crippen molar-refractivity contribution in [1.82, 2.24) is 0 Å². The fourth-order valence-corrected chi connectivity index (χ4v) is 2.79. The van der Waals surface area contributed by atoms with Crippen LogP contribution in [0, 0.1) is 0 Å². The van der Waals surface area contributed by atoms with Crippen LogP contribution >= 0.6 is 34.8 Å². The third-order valence-corrected chi connectivity index (χ3v) is 3.09. The molecule has 0 heterocycles. The minimum Gasteiger partial charge on any atom is -0.315 e. The van der Waals surface area contributed by atoms with E-state index in [0.717, 1.165) is 6.61 Å². The van der Waals surface area contributed by atoms with Gasteiger partial charge < -0.3 is 3.07 Å². The highest BCUT2D eigenvalue weighted by molar-refractivity contribution is 14.1. The molecule has 0 aromatic heterocycles. The van der Waals surface area contributed by atoms with E-state index in [1.54, 1.807) is 0 Å². The molecule has 0 aliphatic rings. The Labute approximate surface area is 88.3 Å². The van der Waals surface area contributed by atoms with E-state index in [0.29, 0.717) is 10.00 Å². The first-order valence-corrected chi connectivity index (χ1v) is 5.67. The molecule has 0 aliphatic heterocycles. The van der Waals surface area contributed by atoms with Gasteiger partial charge in [-0.3, -0.25) is 0 Å². The lowest BCUT2D eigenvalue weighted by Crippen LogP contribution is -2.18. The molecule has 0 spiro atoms. The molecule has 0 aliphatic carbocycles. The van der Waals surface area contributed by atoms with Crippen molar-refractivity contribution in [3.63, 3.8) is 0 Å². The lowest BCUT2D eigenvalue weighted by atomic mass is 10.3. The third kappa shape index (κ3) is 7.40. The molecule has 68 valence electrons. The van der Waals surface area contributed by atoms with Crippen LogP contribution < -0.4 is 0 Å². The maximum atomic E-state index is 5.09. The van der Waals surface area contributed by atoms with Crippen molar-refractivity contribution in [2.24, 2.45) is 0 Å². The van der Waals surface area contributed by atoms with Crippen molar-refractivity contribution >= 4 is 34.8 Å². The average Bonchev–Trinajstić information content (AvgIpc) is 1.84. The second-order valence-electron chi connectivity index (χ2n) is 3.54. The van der Waals surface area contributed by atoms with E-state index in [9.17, 15) is 0 Å². The van der Waals surface area contributed by atoms with Crippen molar-refractivity contribution < 1.29 is 3.07 Å². The quantitative estimate of drug-likeness (QED) is 0.730. The van der Waals surface area contributed by atoms with Gasteiger partial charge in [0.25, 0.3) is 0 Å². The Balaban J connectivity index is 3.68. The van der Waals surface area contributed by atoms with Crippen molar-refractivity contribution in [3.8, 4) is 0 Å². The molecule has 0 N–H and O–H groups in total. The van der Waals surface area contributed by atoms with Crippen molar-refractivity contribution in [1.29, 1.82) is 0 Å². The lowest BCUT2D eigenvalue weighted by Gasteiger charge is -2.23. The summed E-state index contributed by atoms with van der Waals surface area (Å²) in [7, 11) is 0. The van der Waals surface area contributed by atoms with Crippen molar-refractivity contribution in [2.75, 3.05) is 6.61 Å². The van der Waals surface area contributed by atoms with E-state index in [2.05, 4.69) is 27.7 Å². The summed E-state index contributed by atoms with van der Waals surface area (Å²) in [4.78, 5) is 0. The molecule has 0 rings (SSSR count). The van der Waals surface area contributed by atoms with Gasteiger partial charge in [-0.15, -0.1) is 0 Å². The first kappa shape index (κ1) is 12.0. The second kappa shape index (κ2) is 5.65. The summed E-state index contributed by atoms with van der Waals surface area (Å²) in [6.07, 6.45) is 1.19. The highest BCUT2D eigenvalue weighted by Gasteiger charge is 2.17. The first-order chi connectivity index (χ1) is 4.99. The molecule has 0 aromatic rings. The maximum absolute atomic E-state index is 5.09. The summed E-state index contributed by atoms with van der Waals surface area (Å²) >= 11 is 3.96. The van der Waals surface area contributed by atoms with Gasteiger partial charge in [0, 0.05) is 10.00 Å². The van der Waals surface area contributed by atoms with E-state index in [1.165, 1.54) is 6.42 Å². The van der Waals surface area contributed by atoms with Crippen LogP contribution in [-0.4, -0.2) is 16.6 Å². The van der Waals surface area contributed by atoms with E-state index in [4.69, 9.17) is 3.07 Å². The number of hydrogen-bond donors (Lipinski definition) is 0. The monoisotopic (exact) mass is 288 g/mol. The van der Waals surface area contributed by atoms with Crippen LogP contribution in [-0.2, 0) is 3.07 Å². The molecule has 1 atom stereocenters. The molecule has 0 bridgehead atoms. The Kier molecular flexibility index (Phi) is 6.18. The van der Waals surface area contributed by atoms with Crippen LogP contribution in [0.4, 0.5) is 0 Å². The Morgan fingerprint density at radius 2 is 2.00 bits per heavy atom. The molecule has 3 heteroatoms. The molecule has 0 amide bonds. The fourth-order valence-electron chi connectivity index (χ4n) is 0.805. The van der Waals surface area contributed by atoms with Crippen LogP contribution in [0.1, 0.15) is 34.1 Å². The van der Waals surface area contributed by atoms with E-state index in [-0.39, 0.29) is 0 Å². The first-order valence-electron chi connectivity index (χ1n) is 3.91. The Hall–Kier alpha value is 1.04. The molecule has 1 unspecified atom stereocenters. The van der Waals surface area contributed by atoms with Crippen LogP contribution in [0.3, 0.4) is 0 Å². The number of halogens is 1. The van der Waals surface area contributed by atoms with Crippen LogP contribution in [0.25, 0.3) is 0 Å². The molecule has 0 fully saturated rings. The Bertz CT molecular complexity index is 101. The van der Waals surface area contributed by atoms with Gasteiger partial charge in [-0.1, -0.05) is 27.7 Å². The summed E-state index contributed by atoms with van der Waals surface area (Å²) < 4.78 is 5.45. The zero-order valence-corrected chi connectivity index (χ0v) is 10.7. The van der Waals surface area contributed by atoms with Gasteiger partial charge in [0.2, 0.25) is 0 Å². The van der Waals surface area contributed by atoms with Gasteiger partial charge in [-0.05, 0) is 6.42 Å². The van der Waals surface area contributed by atoms with Gasteiger partial charge in [-0.25, -0.2) is 0 Å². The van der Waals surface area contributed by atoms with Gasteiger partial charge in [-0.2, -0.15) is 11.8 Å². The van der Waals surface area contributed by atoms with Gasteiger partial charge in [0.15, 0.2) is 0 Å². The van der Waals surface area contributed by atoms with Gasteiger partial charge in [0.1, 0.15) is 23.0 Å². The largest absolute Gasteiger partial charge is 0.315 e. The molecular weight excluding hydrogens is 271 g/mol. The SMILES string of the molecule is CCC(COI)SC(C)(C)C. The van der Waals surface area contributed by atoms with Crippen molar-refractivity contribution in [3.05, 3.63) is 0 Å². The summed E-state index contributed by atoms with van der Waals surface area (Å²) in [6, 6.07) is 0. The molecule has 11 heavy (non-hydrogen) atoms. The van der Waals surface area contributed by atoms with E-state index >= 15 is 0 Å². The Morgan fingerprint density at radius 1 is 1.45 bits per heavy atom. The lowest BCUT2D eigenvalue weighted by molar-refractivity contribution is 0.417. The number of hydrogen-bond acceptors (Lipinski definition) is 2. The molecule has 0 radical (unpaired) electrons. The predicted octanol–water partition coefficient (Wildman–Crippen LogP) is 3.66. The van der Waals surface area contributed by atoms with Crippen LogP contribution in [0.5, 0.6) is 0 Å². The van der Waals surface area contributed by atoms with Crippen LogP contribution in [0.2, 0.25) is 0 Å². The summed E-state index contributed by atoms with van der Waals surface area (Å²) in [6.45, 7) is 9.80. The smallest absolute Gasteiger partial charge is 0.109 e. The normalized spacial score (nSPS) is 15.0. The molecule has 0 aromatic carbocycles. The molecule has 0 saturated carbocycles.